The fraction of sp³-hybridized carbons (Fsp3) is 0.150. The van der Waals surface area contributed by atoms with Crippen molar-refractivity contribution >= 4 is 11.6 Å². The molecule has 0 saturated carbocycles. The van der Waals surface area contributed by atoms with E-state index in [-0.39, 0.29) is 5.91 Å². The van der Waals surface area contributed by atoms with Crippen LogP contribution in [0.1, 0.15) is 21.7 Å². The Balaban J connectivity index is 1.57. The van der Waals surface area contributed by atoms with Gasteiger partial charge in [0.2, 0.25) is 0 Å². The van der Waals surface area contributed by atoms with Crippen LogP contribution in [0.4, 0.5) is 5.69 Å². The van der Waals surface area contributed by atoms with E-state index in [4.69, 9.17) is 0 Å². The maximum Gasteiger partial charge on any atom is 0.255 e. The van der Waals surface area contributed by atoms with Crippen molar-refractivity contribution in [3.05, 3.63) is 72.1 Å². The summed E-state index contributed by atoms with van der Waals surface area (Å²) < 4.78 is 3.56. The summed E-state index contributed by atoms with van der Waals surface area (Å²) in [4.78, 5) is 16.7. The first-order valence-electron chi connectivity index (χ1n) is 8.76. The number of nitrogens with zero attached hydrogens (tertiary/aromatic N) is 6. The third-order valence-electron chi connectivity index (χ3n) is 4.61. The molecular weight excluding hydrogens is 354 g/mol. The van der Waals surface area contributed by atoms with E-state index >= 15 is 0 Å². The number of hydrogen-bond acceptors (Lipinski definition) is 5. The van der Waals surface area contributed by atoms with Gasteiger partial charge in [-0.3, -0.25) is 4.79 Å². The van der Waals surface area contributed by atoms with Gasteiger partial charge in [0.05, 0.1) is 5.69 Å². The van der Waals surface area contributed by atoms with Crippen LogP contribution < -0.4 is 5.32 Å². The molecule has 0 aliphatic carbocycles. The SMILES string of the molecule is Cc1cc(-n2cncn2)ccc1C(=O)Nc1cccc(-c2nnc(C)n2C)c1. The lowest BCUT2D eigenvalue weighted by molar-refractivity contribution is 0.102. The fourth-order valence-corrected chi connectivity index (χ4v) is 2.98. The Morgan fingerprint density at radius 3 is 2.61 bits per heavy atom. The van der Waals surface area contributed by atoms with Crippen molar-refractivity contribution in [1.82, 2.24) is 29.5 Å². The summed E-state index contributed by atoms with van der Waals surface area (Å²) in [5.74, 6) is 1.41. The number of amides is 1. The van der Waals surface area contributed by atoms with Crippen molar-refractivity contribution in [2.24, 2.45) is 7.05 Å². The summed E-state index contributed by atoms with van der Waals surface area (Å²) in [6, 6.07) is 13.1. The molecule has 2 aromatic carbocycles. The lowest BCUT2D eigenvalue weighted by atomic mass is 10.1. The predicted octanol–water partition coefficient (Wildman–Crippen LogP) is 2.93. The first kappa shape index (κ1) is 17.6. The van der Waals surface area contributed by atoms with Gasteiger partial charge in [0.1, 0.15) is 18.5 Å². The van der Waals surface area contributed by atoms with Crippen molar-refractivity contribution < 1.29 is 4.79 Å². The highest BCUT2D eigenvalue weighted by atomic mass is 16.1. The maximum atomic E-state index is 12.8. The number of carbonyl (C=O) groups is 1. The summed E-state index contributed by atoms with van der Waals surface area (Å²) >= 11 is 0. The van der Waals surface area contributed by atoms with Crippen LogP contribution in [-0.2, 0) is 7.05 Å². The van der Waals surface area contributed by atoms with Gasteiger partial charge in [-0.05, 0) is 49.7 Å². The predicted molar refractivity (Wildman–Crippen MR) is 105 cm³/mol. The number of rotatable bonds is 4. The summed E-state index contributed by atoms with van der Waals surface area (Å²) in [6.45, 7) is 3.79. The molecule has 2 heterocycles. The molecular formula is C20H19N7O. The van der Waals surface area contributed by atoms with E-state index in [1.807, 2.05) is 61.9 Å². The van der Waals surface area contributed by atoms with Gasteiger partial charge in [0, 0.05) is 23.9 Å². The smallest absolute Gasteiger partial charge is 0.255 e. The third kappa shape index (κ3) is 3.27. The molecule has 0 spiro atoms. The number of anilines is 1. The summed E-state index contributed by atoms with van der Waals surface area (Å²) in [5, 5.41) is 15.4. The number of carbonyl (C=O) groups excluding carboxylic acids is 1. The van der Waals surface area contributed by atoms with Crippen LogP contribution in [-0.4, -0.2) is 35.4 Å². The third-order valence-corrected chi connectivity index (χ3v) is 4.61. The van der Waals surface area contributed by atoms with Gasteiger partial charge in [-0.25, -0.2) is 9.67 Å². The topological polar surface area (TPSA) is 90.5 Å². The van der Waals surface area contributed by atoms with Gasteiger partial charge < -0.3 is 9.88 Å². The first-order chi connectivity index (χ1) is 13.5. The lowest BCUT2D eigenvalue weighted by Gasteiger charge is -2.10. The Labute approximate surface area is 161 Å². The van der Waals surface area contributed by atoms with E-state index in [9.17, 15) is 4.79 Å². The van der Waals surface area contributed by atoms with E-state index in [0.29, 0.717) is 11.3 Å². The first-order valence-corrected chi connectivity index (χ1v) is 8.76. The van der Waals surface area contributed by atoms with Gasteiger partial charge in [0.25, 0.3) is 5.91 Å². The van der Waals surface area contributed by atoms with Crippen molar-refractivity contribution in [3.8, 4) is 17.1 Å². The minimum Gasteiger partial charge on any atom is -0.322 e. The van der Waals surface area contributed by atoms with E-state index in [1.165, 1.54) is 6.33 Å². The zero-order valence-electron chi connectivity index (χ0n) is 15.8. The van der Waals surface area contributed by atoms with Crippen LogP contribution in [0.3, 0.4) is 0 Å². The Morgan fingerprint density at radius 2 is 1.93 bits per heavy atom. The zero-order chi connectivity index (χ0) is 19.7. The number of nitrogens with one attached hydrogen (secondary N) is 1. The second-order valence-corrected chi connectivity index (χ2v) is 6.50. The van der Waals surface area contributed by atoms with Crippen LogP contribution in [0.15, 0.2) is 55.1 Å². The highest BCUT2D eigenvalue weighted by molar-refractivity contribution is 6.05. The molecule has 0 saturated heterocycles. The molecule has 0 bridgehead atoms. The van der Waals surface area contributed by atoms with Crippen LogP contribution in [0.5, 0.6) is 0 Å². The average molecular weight is 373 g/mol. The van der Waals surface area contributed by atoms with E-state index in [0.717, 1.165) is 28.5 Å². The van der Waals surface area contributed by atoms with E-state index in [2.05, 4.69) is 25.6 Å². The average Bonchev–Trinajstić information content (AvgIpc) is 3.33. The molecule has 2 aromatic heterocycles. The van der Waals surface area contributed by atoms with Crippen LogP contribution >= 0.6 is 0 Å². The van der Waals surface area contributed by atoms with Gasteiger partial charge in [-0.1, -0.05) is 12.1 Å². The molecule has 28 heavy (non-hydrogen) atoms. The lowest BCUT2D eigenvalue weighted by Crippen LogP contribution is -2.14. The Morgan fingerprint density at radius 1 is 1.07 bits per heavy atom. The van der Waals surface area contributed by atoms with Gasteiger partial charge in [-0.2, -0.15) is 5.10 Å². The van der Waals surface area contributed by atoms with Crippen molar-refractivity contribution in [2.45, 2.75) is 13.8 Å². The van der Waals surface area contributed by atoms with E-state index in [1.54, 1.807) is 17.1 Å². The molecule has 0 aliphatic heterocycles. The molecule has 0 atom stereocenters. The highest BCUT2D eigenvalue weighted by Crippen LogP contribution is 2.22. The van der Waals surface area contributed by atoms with E-state index < -0.39 is 0 Å². The molecule has 0 unspecified atom stereocenters. The van der Waals surface area contributed by atoms with Gasteiger partial charge >= 0.3 is 0 Å². The largest absolute Gasteiger partial charge is 0.322 e. The zero-order valence-corrected chi connectivity index (χ0v) is 15.8. The highest BCUT2D eigenvalue weighted by Gasteiger charge is 2.13. The number of aromatic nitrogens is 6. The second-order valence-electron chi connectivity index (χ2n) is 6.50. The molecule has 8 nitrogen and oxygen atoms in total. The Bertz CT molecular complexity index is 1150. The molecule has 4 rings (SSSR count). The standard InChI is InChI=1S/C20H19N7O/c1-13-9-17(27-12-21-11-22-27)7-8-18(13)20(28)23-16-6-4-5-15(10-16)19-25-24-14(2)26(19)3/h4-12H,1-3H3,(H,23,28). The molecule has 0 aliphatic rings. The number of benzene rings is 2. The molecule has 0 radical (unpaired) electrons. The minimum absolute atomic E-state index is 0.172. The molecule has 1 N–H and O–H groups in total. The maximum absolute atomic E-state index is 12.8. The van der Waals surface area contributed by atoms with Crippen LogP contribution in [0.25, 0.3) is 17.1 Å². The number of hydrogen-bond donors (Lipinski definition) is 1. The quantitative estimate of drug-likeness (QED) is 0.594. The molecule has 0 fully saturated rings. The van der Waals surface area contributed by atoms with Crippen molar-refractivity contribution in [2.75, 3.05) is 5.32 Å². The second kappa shape index (κ2) is 7.07. The van der Waals surface area contributed by atoms with Gasteiger partial charge in [-0.15, -0.1) is 10.2 Å². The molecule has 140 valence electrons. The molecule has 1 amide bonds. The van der Waals surface area contributed by atoms with Gasteiger partial charge in [0.15, 0.2) is 5.82 Å². The monoisotopic (exact) mass is 373 g/mol. The Hall–Kier alpha value is -3.81. The summed E-state index contributed by atoms with van der Waals surface area (Å²) in [6.07, 6.45) is 3.09. The number of aryl methyl sites for hydroxylation is 2. The summed E-state index contributed by atoms with van der Waals surface area (Å²) in [7, 11) is 1.91. The minimum atomic E-state index is -0.172. The normalized spacial score (nSPS) is 10.8. The Kier molecular flexibility index (Phi) is 4.44. The summed E-state index contributed by atoms with van der Waals surface area (Å²) in [5.41, 5.74) is 3.89. The van der Waals surface area contributed by atoms with Crippen molar-refractivity contribution in [3.63, 3.8) is 0 Å². The van der Waals surface area contributed by atoms with Crippen LogP contribution in [0, 0.1) is 13.8 Å². The van der Waals surface area contributed by atoms with Crippen molar-refractivity contribution in [1.29, 1.82) is 0 Å². The molecule has 4 aromatic rings. The van der Waals surface area contributed by atoms with Crippen LogP contribution in [0.2, 0.25) is 0 Å². The molecule has 8 heteroatoms. The fourth-order valence-electron chi connectivity index (χ4n) is 2.98.